The smallest absolute Gasteiger partial charge is 0.337 e. The van der Waals surface area contributed by atoms with Crippen molar-refractivity contribution < 1.29 is 14.3 Å². The Morgan fingerprint density at radius 3 is 2.65 bits per heavy atom. The molecule has 0 saturated heterocycles. The van der Waals surface area contributed by atoms with Gasteiger partial charge in [-0.25, -0.2) is 9.59 Å². The molecule has 1 aromatic rings. The normalized spacial score (nSPS) is 18.7. The molecule has 0 fully saturated rings. The molecule has 1 atom stereocenters. The SMILES string of the molecule is COC(=O)C1=C(C)NC(=O)N[C@@H]1/C=C/c1ccccc1. The van der Waals surface area contributed by atoms with E-state index in [2.05, 4.69) is 10.6 Å². The summed E-state index contributed by atoms with van der Waals surface area (Å²) in [6.07, 6.45) is 3.62. The lowest BCUT2D eigenvalue weighted by molar-refractivity contribution is -0.136. The molecule has 5 heteroatoms. The van der Waals surface area contributed by atoms with Crippen LogP contribution >= 0.6 is 0 Å². The summed E-state index contributed by atoms with van der Waals surface area (Å²) in [7, 11) is 1.32. The molecule has 104 valence electrons. The lowest BCUT2D eigenvalue weighted by Gasteiger charge is -2.25. The van der Waals surface area contributed by atoms with Gasteiger partial charge in [0, 0.05) is 5.70 Å². The van der Waals surface area contributed by atoms with Gasteiger partial charge in [-0.05, 0) is 12.5 Å². The van der Waals surface area contributed by atoms with E-state index in [0.29, 0.717) is 11.3 Å². The maximum Gasteiger partial charge on any atom is 0.337 e. The molecule has 2 N–H and O–H groups in total. The van der Waals surface area contributed by atoms with Crippen LogP contribution in [-0.4, -0.2) is 25.2 Å². The molecule has 0 radical (unpaired) electrons. The van der Waals surface area contributed by atoms with E-state index in [1.807, 2.05) is 36.4 Å². The predicted molar refractivity (Wildman–Crippen MR) is 75.6 cm³/mol. The second kappa shape index (κ2) is 6.06. The number of hydrogen-bond donors (Lipinski definition) is 2. The Morgan fingerprint density at radius 1 is 1.30 bits per heavy atom. The van der Waals surface area contributed by atoms with Crippen molar-refractivity contribution in [3.8, 4) is 0 Å². The largest absolute Gasteiger partial charge is 0.466 e. The van der Waals surface area contributed by atoms with Gasteiger partial charge >= 0.3 is 12.0 Å². The number of esters is 1. The van der Waals surface area contributed by atoms with Crippen LogP contribution in [0.1, 0.15) is 12.5 Å². The molecule has 1 aromatic carbocycles. The van der Waals surface area contributed by atoms with Crippen LogP contribution in [0.5, 0.6) is 0 Å². The summed E-state index contributed by atoms with van der Waals surface area (Å²) in [6.45, 7) is 1.67. The Kier molecular flexibility index (Phi) is 4.20. The lowest BCUT2D eigenvalue weighted by Crippen LogP contribution is -2.49. The number of carbonyl (C=O) groups excluding carboxylic acids is 2. The van der Waals surface area contributed by atoms with Crippen LogP contribution in [-0.2, 0) is 9.53 Å². The van der Waals surface area contributed by atoms with Crippen molar-refractivity contribution in [1.29, 1.82) is 0 Å². The van der Waals surface area contributed by atoms with Crippen molar-refractivity contribution >= 4 is 18.1 Å². The van der Waals surface area contributed by atoms with Gasteiger partial charge in [0.25, 0.3) is 0 Å². The van der Waals surface area contributed by atoms with Gasteiger partial charge in [-0.3, -0.25) is 0 Å². The summed E-state index contributed by atoms with van der Waals surface area (Å²) in [6, 6.07) is 8.80. The molecular formula is C15H16N2O3. The zero-order chi connectivity index (χ0) is 14.5. The summed E-state index contributed by atoms with van der Waals surface area (Å²) in [5, 5.41) is 5.25. The fraction of sp³-hybridized carbons (Fsp3) is 0.200. The van der Waals surface area contributed by atoms with Gasteiger partial charge in [-0.15, -0.1) is 0 Å². The van der Waals surface area contributed by atoms with Crippen molar-refractivity contribution in [2.24, 2.45) is 0 Å². The molecule has 0 saturated carbocycles. The number of benzene rings is 1. The summed E-state index contributed by atoms with van der Waals surface area (Å²) in [5.41, 5.74) is 1.89. The third kappa shape index (κ3) is 3.06. The molecule has 20 heavy (non-hydrogen) atoms. The van der Waals surface area contributed by atoms with E-state index in [1.165, 1.54) is 7.11 Å². The molecule has 0 aromatic heterocycles. The number of nitrogens with one attached hydrogen (secondary N) is 2. The second-order valence-corrected chi connectivity index (χ2v) is 4.38. The van der Waals surface area contributed by atoms with E-state index >= 15 is 0 Å². The molecule has 1 heterocycles. The molecular weight excluding hydrogens is 256 g/mol. The third-order valence-electron chi connectivity index (χ3n) is 2.99. The van der Waals surface area contributed by atoms with Crippen molar-refractivity contribution in [1.82, 2.24) is 10.6 Å². The lowest BCUT2D eigenvalue weighted by atomic mass is 10.0. The van der Waals surface area contributed by atoms with Gasteiger partial charge in [0.2, 0.25) is 0 Å². The summed E-state index contributed by atoms with van der Waals surface area (Å²) in [4.78, 5) is 23.3. The summed E-state index contributed by atoms with van der Waals surface area (Å²) in [5.74, 6) is -0.460. The number of allylic oxidation sites excluding steroid dienone is 1. The Hall–Kier alpha value is -2.56. The van der Waals surface area contributed by atoms with Crippen LogP contribution in [0.25, 0.3) is 6.08 Å². The first kappa shape index (κ1) is 13.9. The third-order valence-corrected chi connectivity index (χ3v) is 2.99. The Morgan fingerprint density at radius 2 is 2.00 bits per heavy atom. The summed E-state index contributed by atoms with van der Waals surface area (Å²) >= 11 is 0. The molecule has 0 spiro atoms. The number of urea groups is 1. The quantitative estimate of drug-likeness (QED) is 0.825. The number of methoxy groups -OCH3 is 1. The van der Waals surface area contributed by atoms with Gasteiger partial charge in [0.1, 0.15) is 0 Å². The minimum Gasteiger partial charge on any atom is -0.466 e. The van der Waals surface area contributed by atoms with E-state index in [0.717, 1.165) is 5.56 Å². The number of ether oxygens (including phenoxy) is 1. The highest BCUT2D eigenvalue weighted by Gasteiger charge is 2.28. The minimum absolute atomic E-state index is 0.335. The molecule has 1 aliphatic heterocycles. The monoisotopic (exact) mass is 272 g/mol. The maximum absolute atomic E-state index is 11.8. The molecule has 2 amide bonds. The zero-order valence-electron chi connectivity index (χ0n) is 11.3. The highest BCUT2D eigenvalue weighted by molar-refractivity contribution is 5.95. The highest BCUT2D eigenvalue weighted by Crippen LogP contribution is 2.16. The predicted octanol–water partition coefficient (Wildman–Crippen LogP) is 1.83. The van der Waals surface area contributed by atoms with Gasteiger partial charge in [-0.1, -0.05) is 42.5 Å². The van der Waals surface area contributed by atoms with Crippen LogP contribution in [0, 0.1) is 0 Å². The van der Waals surface area contributed by atoms with Crippen molar-refractivity contribution in [2.75, 3.05) is 7.11 Å². The van der Waals surface area contributed by atoms with Crippen molar-refractivity contribution in [3.05, 3.63) is 53.2 Å². The van der Waals surface area contributed by atoms with Crippen LogP contribution in [0.15, 0.2) is 47.7 Å². The first-order valence-corrected chi connectivity index (χ1v) is 6.21. The van der Waals surface area contributed by atoms with E-state index in [4.69, 9.17) is 4.74 Å². The fourth-order valence-electron chi connectivity index (χ4n) is 2.03. The van der Waals surface area contributed by atoms with E-state index < -0.39 is 12.0 Å². The van der Waals surface area contributed by atoms with Crippen LogP contribution < -0.4 is 10.6 Å². The Labute approximate surface area is 117 Å². The van der Waals surface area contributed by atoms with E-state index in [1.54, 1.807) is 13.0 Å². The van der Waals surface area contributed by atoms with Crippen molar-refractivity contribution in [3.63, 3.8) is 0 Å². The molecule has 0 aliphatic carbocycles. The first-order valence-electron chi connectivity index (χ1n) is 6.21. The minimum atomic E-state index is -0.503. The van der Waals surface area contributed by atoms with Gasteiger partial charge in [-0.2, -0.15) is 0 Å². The standard InChI is InChI=1S/C15H16N2O3/c1-10-13(14(18)20-2)12(17-15(19)16-10)9-8-11-6-4-3-5-7-11/h3-9,12H,1-2H3,(H2,16,17,19)/b9-8+/t12-/m1/s1. The van der Waals surface area contributed by atoms with Crippen LogP contribution in [0.2, 0.25) is 0 Å². The maximum atomic E-state index is 11.8. The molecule has 0 unspecified atom stereocenters. The average Bonchev–Trinajstić information content (AvgIpc) is 2.45. The molecule has 1 aliphatic rings. The second-order valence-electron chi connectivity index (χ2n) is 4.38. The molecule has 0 bridgehead atoms. The molecule has 2 rings (SSSR count). The van der Waals surface area contributed by atoms with Crippen LogP contribution in [0.4, 0.5) is 4.79 Å². The first-order chi connectivity index (χ1) is 9.61. The highest BCUT2D eigenvalue weighted by atomic mass is 16.5. The summed E-state index contributed by atoms with van der Waals surface area (Å²) < 4.78 is 4.76. The van der Waals surface area contributed by atoms with Crippen molar-refractivity contribution in [2.45, 2.75) is 13.0 Å². The van der Waals surface area contributed by atoms with Gasteiger partial charge < -0.3 is 15.4 Å². The zero-order valence-corrected chi connectivity index (χ0v) is 11.3. The van der Waals surface area contributed by atoms with Crippen LogP contribution in [0.3, 0.4) is 0 Å². The number of rotatable bonds is 3. The van der Waals surface area contributed by atoms with Gasteiger partial charge in [0.15, 0.2) is 0 Å². The number of hydrogen-bond acceptors (Lipinski definition) is 3. The Bertz CT molecular complexity index is 576. The molecule has 5 nitrogen and oxygen atoms in total. The van der Waals surface area contributed by atoms with E-state index in [-0.39, 0.29) is 6.03 Å². The van der Waals surface area contributed by atoms with E-state index in [9.17, 15) is 9.59 Å². The topological polar surface area (TPSA) is 67.4 Å². The average molecular weight is 272 g/mol. The number of carbonyl (C=O) groups is 2. The van der Waals surface area contributed by atoms with Gasteiger partial charge in [0.05, 0.1) is 18.7 Å². The fourth-order valence-corrected chi connectivity index (χ4v) is 2.03. The Balaban J connectivity index is 2.28. The number of amides is 2.